The Kier molecular flexibility index (Phi) is 6.69. The summed E-state index contributed by atoms with van der Waals surface area (Å²) in [6.45, 7) is 8.17. The SMILES string of the molecule is COc1ccc(C[NH+]2CC[NH+](Cn3nc(C)sc3=S)CC2)c(OC)c1OC. The smallest absolute Gasteiger partial charge is 0.203 e. The molecule has 1 aliphatic rings. The Labute approximate surface area is 169 Å². The molecule has 2 heterocycles. The summed E-state index contributed by atoms with van der Waals surface area (Å²) in [6, 6.07) is 4.02. The standard InChI is InChI=1S/C18H26N4O3S2/c1-13-19-22(18(26)27-13)12-21-9-7-20(8-10-21)11-14-5-6-15(23-2)17(25-4)16(14)24-3/h5-6H,7-12H2,1-4H3/p+2. The van der Waals surface area contributed by atoms with Crippen LogP contribution in [0.25, 0.3) is 0 Å². The largest absolute Gasteiger partial charge is 0.493 e. The van der Waals surface area contributed by atoms with Crippen molar-refractivity contribution in [1.82, 2.24) is 9.78 Å². The van der Waals surface area contributed by atoms with E-state index in [2.05, 4.69) is 11.2 Å². The Morgan fingerprint density at radius 3 is 2.26 bits per heavy atom. The molecule has 3 rings (SSSR count). The molecule has 9 heteroatoms. The van der Waals surface area contributed by atoms with Crippen LogP contribution >= 0.6 is 23.6 Å². The number of benzene rings is 1. The highest BCUT2D eigenvalue weighted by molar-refractivity contribution is 7.73. The summed E-state index contributed by atoms with van der Waals surface area (Å²) in [7, 11) is 4.96. The van der Waals surface area contributed by atoms with E-state index in [0.717, 1.165) is 59.7 Å². The Hall–Kier alpha value is -1.68. The van der Waals surface area contributed by atoms with E-state index in [0.29, 0.717) is 11.5 Å². The molecular formula is C18H28N4O3S2+2. The summed E-state index contributed by atoms with van der Waals surface area (Å²) < 4.78 is 19.3. The van der Waals surface area contributed by atoms with Gasteiger partial charge in [0.15, 0.2) is 22.1 Å². The molecule has 2 aromatic rings. The molecule has 0 radical (unpaired) electrons. The van der Waals surface area contributed by atoms with Crippen molar-refractivity contribution in [1.29, 1.82) is 0 Å². The molecule has 1 aliphatic heterocycles. The van der Waals surface area contributed by atoms with Gasteiger partial charge < -0.3 is 24.0 Å². The number of nitrogens with one attached hydrogen (secondary N) is 2. The molecule has 1 aromatic heterocycles. The predicted octanol–water partition coefficient (Wildman–Crippen LogP) is -0.0506. The fourth-order valence-electron chi connectivity index (χ4n) is 3.59. The van der Waals surface area contributed by atoms with Crippen LogP contribution in [0, 0.1) is 10.9 Å². The first kappa shape index (κ1) is 20.1. The van der Waals surface area contributed by atoms with Gasteiger partial charge in [-0.15, -0.1) is 0 Å². The first-order chi connectivity index (χ1) is 13.0. The highest BCUT2D eigenvalue weighted by Crippen LogP contribution is 2.39. The number of hydrogen-bond acceptors (Lipinski definition) is 6. The van der Waals surface area contributed by atoms with Crippen molar-refractivity contribution < 1.29 is 24.0 Å². The van der Waals surface area contributed by atoms with Crippen LogP contribution in [0.1, 0.15) is 10.6 Å². The highest BCUT2D eigenvalue weighted by atomic mass is 32.1. The van der Waals surface area contributed by atoms with Crippen LogP contribution in [0.4, 0.5) is 0 Å². The molecule has 0 amide bonds. The minimum Gasteiger partial charge on any atom is -0.493 e. The molecule has 0 spiro atoms. The van der Waals surface area contributed by atoms with Gasteiger partial charge in [-0.3, -0.25) is 0 Å². The molecule has 148 valence electrons. The lowest BCUT2D eigenvalue weighted by atomic mass is 10.1. The van der Waals surface area contributed by atoms with Gasteiger partial charge in [0.2, 0.25) is 5.75 Å². The normalized spacial score (nSPS) is 19.7. The van der Waals surface area contributed by atoms with E-state index in [1.54, 1.807) is 37.6 Å². The molecule has 27 heavy (non-hydrogen) atoms. The number of aromatic nitrogens is 2. The van der Waals surface area contributed by atoms with Crippen LogP contribution in [-0.2, 0) is 13.2 Å². The van der Waals surface area contributed by atoms with Crippen LogP contribution in [0.15, 0.2) is 12.1 Å². The lowest BCUT2D eigenvalue weighted by Gasteiger charge is -2.30. The summed E-state index contributed by atoms with van der Waals surface area (Å²) in [6.07, 6.45) is 0. The molecule has 0 saturated carbocycles. The second kappa shape index (κ2) is 9.01. The van der Waals surface area contributed by atoms with Gasteiger partial charge in [-0.25, -0.2) is 0 Å². The monoisotopic (exact) mass is 412 g/mol. The first-order valence-electron chi connectivity index (χ1n) is 9.05. The van der Waals surface area contributed by atoms with Gasteiger partial charge in [0, 0.05) is 0 Å². The number of hydrogen-bond donors (Lipinski definition) is 2. The minimum atomic E-state index is 0.662. The van der Waals surface area contributed by atoms with Gasteiger partial charge in [0.1, 0.15) is 37.7 Å². The summed E-state index contributed by atoms with van der Waals surface area (Å²) in [5.41, 5.74) is 1.14. The zero-order valence-electron chi connectivity index (χ0n) is 16.3. The minimum absolute atomic E-state index is 0.662. The third-order valence-corrected chi connectivity index (χ3v) is 6.19. The number of ether oxygens (including phenoxy) is 3. The van der Waals surface area contributed by atoms with Crippen molar-refractivity contribution in [3.05, 3.63) is 26.7 Å². The van der Waals surface area contributed by atoms with Gasteiger partial charge >= 0.3 is 0 Å². The molecule has 1 saturated heterocycles. The number of methoxy groups -OCH3 is 3. The fraction of sp³-hybridized carbons (Fsp3) is 0.556. The number of rotatable bonds is 7. The Morgan fingerprint density at radius 1 is 1.04 bits per heavy atom. The van der Waals surface area contributed by atoms with Gasteiger partial charge in [-0.2, -0.15) is 9.78 Å². The molecule has 2 N–H and O–H groups in total. The number of quaternary nitrogens is 2. The van der Waals surface area contributed by atoms with Crippen molar-refractivity contribution in [2.24, 2.45) is 0 Å². The zero-order chi connectivity index (χ0) is 19.4. The molecule has 1 aromatic carbocycles. The van der Waals surface area contributed by atoms with E-state index >= 15 is 0 Å². The number of piperazine rings is 1. The highest BCUT2D eigenvalue weighted by Gasteiger charge is 2.26. The van der Waals surface area contributed by atoms with Crippen molar-refractivity contribution in [2.45, 2.75) is 20.1 Å². The van der Waals surface area contributed by atoms with Crippen LogP contribution in [0.5, 0.6) is 17.2 Å². The van der Waals surface area contributed by atoms with Gasteiger partial charge in [-0.05, 0) is 31.3 Å². The molecule has 1 fully saturated rings. The van der Waals surface area contributed by atoms with Gasteiger partial charge in [0.05, 0.1) is 26.9 Å². The fourth-order valence-corrected chi connectivity index (χ4v) is 4.66. The Morgan fingerprint density at radius 2 is 1.70 bits per heavy atom. The van der Waals surface area contributed by atoms with Gasteiger partial charge in [-0.1, -0.05) is 11.3 Å². The lowest BCUT2D eigenvalue weighted by Crippen LogP contribution is -3.27. The van der Waals surface area contributed by atoms with Crippen molar-refractivity contribution >= 4 is 23.6 Å². The predicted molar refractivity (Wildman–Crippen MR) is 107 cm³/mol. The van der Waals surface area contributed by atoms with Crippen LogP contribution in [0.3, 0.4) is 0 Å². The van der Waals surface area contributed by atoms with E-state index in [1.165, 1.54) is 4.90 Å². The van der Waals surface area contributed by atoms with Crippen molar-refractivity contribution in [2.75, 3.05) is 47.5 Å². The Bertz CT molecular complexity index is 828. The third-order valence-electron chi connectivity index (χ3n) is 4.97. The quantitative estimate of drug-likeness (QED) is 0.625. The van der Waals surface area contributed by atoms with Crippen molar-refractivity contribution in [3.8, 4) is 17.2 Å². The van der Waals surface area contributed by atoms with Crippen LogP contribution < -0.4 is 24.0 Å². The van der Waals surface area contributed by atoms with E-state index in [-0.39, 0.29) is 0 Å². The topological polar surface area (TPSA) is 54.4 Å². The molecule has 0 aliphatic carbocycles. The lowest BCUT2D eigenvalue weighted by molar-refractivity contribution is -1.03. The molecule has 0 bridgehead atoms. The summed E-state index contributed by atoms with van der Waals surface area (Å²) >= 11 is 6.97. The number of nitrogens with zero attached hydrogens (tertiary/aromatic N) is 2. The number of aryl methyl sites for hydroxylation is 1. The summed E-state index contributed by atoms with van der Waals surface area (Å²) in [5.74, 6) is 2.12. The first-order valence-corrected chi connectivity index (χ1v) is 10.3. The summed E-state index contributed by atoms with van der Waals surface area (Å²) in [4.78, 5) is 3.07. The van der Waals surface area contributed by atoms with Gasteiger partial charge in [0.25, 0.3) is 0 Å². The molecular weight excluding hydrogens is 384 g/mol. The maximum absolute atomic E-state index is 5.62. The average Bonchev–Trinajstić information content (AvgIpc) is 2.99. The third kappa shape index (κ3) is 4.60. The molecule has 0 unspecified atom stereocenters. The maximum atomic E-state index is 5.62. The maximum Gasteiger partial charge on any atom is 0.203 e. The second-order valence-electron chi connectivity index (χ2n) is 6.71. The molecule has 0 atom stereocenters. The van der Waals surface area contributed by atoms with Crippen LogP contribution in [0.2, 0.25) is 0 Å². The zero-order valence-corrected chi connectivity index (χ0v) is 18.0. The summed E-state index contributed by atoms with van der Waals surface area (Å²) in [5, 5.41) is 5.54. The molecule has 7 nitrogen and oxygen atoms in total. The van der Waals surface area contributed by atoms with E-state index in [4.69, 9.17) is 26.4 Å². The second-order valence-corrected chi connectivity index (χ2v) is 8.54. The van der Waals surface area contributed by atoms with E-state index in [9.17, 15) is 0 Å². The van der Waals surface area contributed by atoms with Crippen LogP contribution in [-0.4, -0.2) is 57.3 Å². The van der Waals surface area contributed by atoms with E-state index in [1.807, 2.05) is 17.7 Å². The Balaban J connectivity index is 1.62. The average molecular weight is 413 g/mol. The van der Waals surface area contributed by atoms with Crippen molar-refractivity contribution in [3.63, 3.8) is 0 Å². The van der Waals surface area contributed by atoms with E-state index < -0.39 is 0 Å².